The van der Waals surface area contributed by atoms with Crippen LogP contribution >= 0.6 is 0 Å². The number of rotatable bonds is 4. The number of H-pyrrole nitrogens is 1. The first-order chi connectivity index (χ1) is 13.6. The number of nitrogens with one attached hydrogen (secondary N) is 2. The average molecular weight is 374 g/mol. The van der Waals surface area contributed by atoms with Gasteiger partial charge in [-0.25, -0.2) is 4.39 Å². The van der Waals surface area contributed by atoms with E-state index < -0.39 is 0 Å². The number of aromatic amines is 1. The third kappa shape index (κ3) is 3.24. The molecule has 0 atom stereocenters. The van der Waals surface area contributed by atoms with Crippen molar-refractivity contribution in [3.05, 3.63) is 82.4 Å². The summed E-state index contributed by atoms with van der Waals surface area (Å²) in [6, 6.07) is 10.2. The Morgan fingerprint density at radius 1 is 1.11 bits per heavy atom. The number of aryl methyl sites for hydroxylation is 2. The highest BCUT2D eigenvalue weighted by Gasteiger charge is 2.12. The lowest BCUT2D eigenvalue weighted by Crippen LogP contribution is -2.14. The number of hydrogen-bond donors (Lipinski definition) is 2. The van der Waals surface area contributed by atoms with Gasteiger partial charge in [0.25, 0.3) is 5.56 Å². The second-order valence-electron chi connectivity index (χ2n) is 6.60. The normalized spacial score (nSPS) is 11.0. The summed E-state index contributed by atoms with van der Waals surface area (Å²) in [7, 11) is 0. The standard InChI is InChI=1S/C22H19FN4O/c1-3-18-21(26-20-7-9-25-19-6-8-24-12-16(19)20)11-15(22(28)27-18)14-4-5-17(23)13(2)10-14/h4-12H,3H2,1-2H3,(H,25,26)(H,27,28). The van der Waals surface area contributed by atoms with Crippen LogP contribution in [0.25, 0.3) is 22.0 Å². The van der Waals surface area contributed by atoms with Crippen LogP contribution in [0.4, 0.5) is 15.8 Å². The molecule has 5 nitrogen and oxygen atoms in total. The van der Waals surface area contributed by atoms with Gasteiger partial charge in [0.2, 0.25) is 0 Å². The number of pyridine rings is 3. The minimum Gasteiger partial charge on any atom is -0.353 e. The van der Waals surface area contributed by atoms with E-state index in [0.717, 1.165) is 28.0 Å². The molecular weight excluding hydrogens is 355 g/mol. The van der Waals surface area contributed by atoms with E-state index in [1.165, 1.54) is 6.07 Å². The van der Waals surface area contributed by atoms with Gasteiger partial charge < -0.3 is 10.3 Å². The third-order valence-electron chi connectivity index (χ3n) is 4.76. The van der Waals surface area contributed by atoms with Crippen LogP contribution in [0.1, 0.15) is 18.2 Å². The molecule has 0 aliphatic carbocycles. The van der Waals surface area contributed by atoms with E-state index in [1.807, 2.05) is 25.1 Å². The number of halogens is 1. The number of anilines is 2. The summed E-state index contributed by atoms with van der Waals surface area (Å²) in [6.45, 7) is 3.66. The van der Waals surface area contributed by atoms with Crippen molar-refractivity contribution in [2.75, 3.05) is 5.32 Å². The highest BCUT2D eigenvalue weighted by atomic mass is 19.1. The predicted octanol–water partition coefficient (Wildman–Crippen LogP) is 4.74. The van der Waals surface area contributed by atoms with E-state index >= 15 is 0 Å². The van der Waals surface area contributed by atoms with Gasteiger partial charge in [0, 0.05) is 35.2 Å². The maximum Gasteiger partial charge on any atom is 0.256 e. The number of benzene rings is 1. The fourth-order valence-corrected chi connectivity index (χ4v) is 3.23. The molecule has 0 fully saturated rings. The lowest BCUT2D eigenvalue weighted by atomic mass is 10.0. The van der Waals surface area contributed by atoms with Gasteiger partial charge in [0.05, 0.1) is 16.9 Å². The lowest BCUT2D eigenvalue weighted by Gasteiger charge is -2.14. The number of hydrogen-bond acceptors (Lipinski definition) is 4. The van der Waals surface area contributed by atoms with Crippen LogP contribution in [0.3, 0.4) is 0 Å². The van der Waals surface area contributed by atoms with Gasteiger partial charge in [0.1, 0.15) is 5.82 Å². The second kappa shape index (κ2) is 7.23. The average Bonchev–Trinajstić information content (AvgIpc) is 2.71. The van der Waals surface area contributed by atoms with Crippen molar-refractivity contribution in [3.8, 4) is 11.1 Å². The van der Waals surface area contributed by atoms with E-state index in [9.17, 15) is 9.18 Å². The summed E-state index contributed by atoms with van der Waals surface area (Å²) < 4.78 is 13.6. The van der Waals surface area contributed by atoms with E-state index in [-0.39, 0.29) is 11.4 Å². The summed E-state index contributed by atoms with van der Waals surface area (Å²) in [5.41, 5.74) is 4.72. The molecule has 0 aliphatic rings. The van der Waals surface area contributed by atoms with Crippen molar-refractivity contribution in [2.24, 2.45) is 0 Å². The van der Waals surface area contributed by atoms with Crippen LogP contribution in [0, 0.1) is 12.7 Å². The highest BCUT2D eigenvalue weighted by molar-refractivity contribution is 5.92. The zero-order valence-corrected chi connectivity index (χ0v) is 15.6. The Bertz CT molecular complexity index is 1230. The first-order valence-corrected chi connectivity index (χ1v) is 9.05. The lowest BCUT2D eigenvalue weighted by molar-refractivity contribution is 0.619. The SMILES string of the molecule is CCc1[nH]c(=O)c(-c2ccc(F)c(C)c2)cc1Nc1ccnc2ccncc12. The molecule has 0 radical (unpaired) electrons. The molecule has 140 valence electrons. The first kappa shape index (κ1) is 17.9. The summed E-state index contributed by atoms with van der Waals surface area (Å²) in [4.78, 5) is 24.1. The van der Waals surface area contributed by atoms with E-state index in [4.69, 9.17) is 0 Å². The van der Waals surface area contributed by atoms with Gasteiger partial charge >= 0.3 is 0 Å². The van der Waals surface area contributed by atoms with Gasteiger partial charge in [-0.05, 0) is 54.8 Å². The van der Waals surface area contributed by atoms with Crippen molar-refractivity contribution in [1.82, 2.24) is 15.0 Å². The molecule has 3 heterocycles. The largest absolute Gasteiger partial charge is 0.353 e. The summed E-state index contributed by atoms with van der Waals surface area (Å²) >= 11 is 0. The van der Waals surface area contributed by atoms with Crippen LogP contribution in [-0.2, 0) is 6.42 Å². The molecule has 2 N–H and O–H groups in total. The molecule has 6 heteroatoms. The Balaban J connectivity index is 1.84. The van der Waals surface area contributed by atoms with Crippen LogP contribution in [0.5, 0.6) is 0 Å². The summed E-state index contributed by atoms with van der Waals surface area (Å²) in [5, 5.41) is 4.29. The fraction of sp³-hybridized carbons (Fsp3) is 0.136. The predicted molar refractivity (Wildman–Crippen MR) is 109 cm³/mol. The monoisotopic (exact) mass is 374 g/mol. The quantitative estimate of drug-likeness (QED) is 0.541. The molecule has 0 saturated carbocycles. The van der Waals surface area contributed by atoms with Gasteiger partial charge in [0.15, 0.2) is 0 Å². The molecule has 4 rings (SSSR count). The minimum absolute atomic E-state index is 0.199. The summed E-state index contributed by atoms with van der Waals surface area (Å²) in [5.74, 6) is -0.292. The molecule has 0 aliphatic heterocycles. The highest BCUT2D eigenvalue weighted by Crippen LogP contribution is 2.28. The Kier molecular flexibility index (Phi) is 4.61. The van der Waals surface area contributed by atoms with Gasteiger partial charge in [-0.15, -0.1) is 0 Å². The molecule has 0 amide bonds. The third-order valence-corrected chi connectivity index (χ3v) is 4.76. The molecule has 0 bridgehead atoms. The van der Waals surface area contributed by atoms with Crippen molar-refractivity contribution >= 4 is 22.3 Å². The Labute approximate surface area is 161 Å². The maximum atomic E-state index is 13.6. The van der Waals surface area contributed by atoms with Crippen molar-refractivity contribution in [2.45, 2.75) is 20.3 Å². The fourth-order valence-electron chi connectivity index (χ4n) is 3.23. The molecule has 4 aromatic rings. The van der Waals surface area contributed by atoms with Crippen LogP contribution in [-0.4, -0.2) is 15.0 Å². The molecular formula is C22H19FN4O. The number of fused-ring (bicyclic) bond motifs is 1. The van der Waals surface area contributed by atoms with Gasteiger partial charge in [-0.2, -0.15) is 0 Å². The number of aromatic nitrogens is 3. The Hall–Kier alpha value is -3.54. The zero-order valence-electron chi connectivity index (χ0n) is 15.6. The van der Waals surface area contributed by atoms with Crippen LogP contribution < -0.4 is 10.9 Å². The van der Waals surface area contributed by atoms with E-state index in [0.29, 0.717) is 23.1 Å². The van der Waals surface area contributed by atoms with Crippen LogP contribution in [0.15, 0.2) is 59.8 Å². The molecule has 0 unspecified atom stereocenters. The van der Waals surface area contributed by atoms with Crippen molar-refractivity contribution in [3.63, 3.8) is 0 Å². The first-order valence-electron chi connectivity index (χ1n) is 9.05. The maximum absolute atomic E-state index is 13.6. The van der Waals surface area contributed by atoms with Gasteiger partial charge in [-0.1, -0.05) is 13.0 Å². The minimum atomic E-state index is -0.292. The van der Waals surface area contributed by atoms with E-state index in [1.54, 1.807) is 37.6 Å². The molecule has 28 heavy (non-hydrogen) atoms. The summed E-state index contributed by atoms with van der Waals surface area (Å²) in [6.07, 6.45) is 5.84. The second-order valence-corrected chi connectivity index (χ2v) is 6.60. The Morgan fingerprint density at radius 2 is 1.96 bits per heavy atom. The van der Waals surface area contributed by atoms with E-state index in [2.05, 4.69) is 20.3 Å². The van der Waals surface area contributed by atoms with Crippen molar-refractivity contribution < 1.29 is 4.39 Å². The smallest absolute Gasteiger partial charge is 0.256 e. The molecule has 1 aromatic carbocycles. The molecule has 0 saturated heterocycles. The van der Waals surface area contributed by atoms with Crippen LogP contribution in [0.2, 0.25) is 0 Å². The Morgan fingerprint density at radius 3 is 2.75 bits per heavy atom. The molecule has 3 aromatic heterocycles. The topological polar surface area (TPSA) is 70.7 Å². The zero-order chi connectivity index (χ0) is 19.7. The molecule has 0 spiro atoms. The van der Waals surface area contributed by atoms with Gasteiger partial charge in [-0.3, -0.25) is 14.8 Å². The number of nitrogens with zero attached hydrogens (tertiary/aromatic N) is 2. The van der Waals surface area contributed by atoms with Crippen molar-refractivity contribution in [1.29, 1.82) is 0 Å².